The Morgan fingerprint density at radius 1 is 1.04 bits per heavy atom. The Balaban J connectivity index is 1.30. The van der Waals surface area contributed by atoms with Gasteiger partial charge < -0.3 is 10.1 Å². The molecule has 28 heavy (non-hydrogen) atoms. The molecule has 1 aromatic heterocycles. The van der Waals surface area contributed by atoms with Crippen molar-refractivity contribution in [2.45, 2.75) is 37.7 Å². The second kappa shape index (κ2) is 7.39. The number of benzene rings is 2. The summed E-state index contributed by atoms with van der Waals surface area (Å²) in [6.45, 7) is 0.394. The van der Waals surface area contributed by atoms with Crippen LogP contribution in [0.3, 0.4) is 0 Å². The first-order valence-electron chi connectivity index (χ1n) is 8.98. The summed E-state index contributed by atoms with van der Waals surface area (Å²) in [4.78, 5) is 4.05. The van der Waals surface area contributed by atoms with Gasteiger partial charge in [-0.05, 0) is 60.7 Å². The van der Waals surface area contributed by atoms with E-state index in [2.05, 4.69) is 10.3 Å². The molecule has 0 aliphatic heterocycles. The molecule has 1 saturated carbocycles. The molecule has 1 N–H and O–H groups in total. The molecule has 146 valence electrons. The van der Waals surface area contributed by atoms with E-state index >= 15 is 0 Å². The fraction of sp³-hybridized carbons (Fsp3) is 0.286. The van der Waals surface area contributed by atoms with Crippen LogP contribution < -0.4 is 10.1 Å². The number of rotatable bonds is 5. The van der Waals surface area contributed by atoms with Gasteiger partial charge in [-0.2, -0.15) is 13.2 Å². The van der Waals surface area contributed by atoms with Gasteiger partial charge in [-0.3, -0.25) is 4.98 Å². The topological polar surface area (TPSA) is 34.2 Å². The van der Waals surface area contributed by atoms with Crippen LogP contribution in [0.15, 0.2) is 54.9 Å². The molecule has 3 aromatic rings. The number of halogens is 4. The minimum Gasteiger partial charge on any atom is -0.490 e. The Kier molecular flexibility index (Phi) is 4.93. The van der Waals surface area contributed by atoms with E-state index in [4.69, 9.17) is 4.74 Å². The van der Waals surface area contributed by atoms with E-state index in [9.17, 15) is 17.6 Å². The van der Waals surface area contributed by atoms with Gasteiger partial charge in [0.1, 0.15) is 17.7 Å². The Bertz CT molecular complexity index is 966. The number of alkyl halides is 3. The van der Waals surface area contributed by atoms with Gasteiger partial charge in [0.25, 0.3) is 0 Å². The van der Waals surface area contributed by atoms with E-state index in [0.717, 1.165) is 35.7 Å². The van der Waals surface area contributed by atoms with Crippen molar-refractivity contribution in [3.63, 3.8) is 0 Å². The molecule has 7 heteroatoms. The zero-order valence-electron chi connectivity index (χ0n) is 14.8. The number of pyridine rings is 1. The predicted molar refractivity (Wildman–Crippen MR) is 97.4 cm³/mol. The fourth-order valence-corrected chi connectivity index (χ4v) is 3.38. The predicted octanol–water partition coefficient (Wildman–Crippen LogP) is 5.09. The minimum absolute atomic E-state index is 0.0594. The Labute approximate surface area is 159 Å². The summed E-state index contributed by atoms with van der Waals surface area (Å²) < 4.78 is 57.7. The Morgan fingerprint density at radius 3 is 2.50 bits per heavy atom. The van der Waals surface area contributed by atoms with Crippen molar-refractivity contribution in [2.75, 3.05) is 0 Å². The van der Waals surface area contributed by atoms with Crippen LogP contribution in [0.4, 0.5) is 17.6 Å². The molecule has 0 unspecified atom stereocenters. The summed E-state index contributed by atoms with van der Waals surface area (Å²) in [7, 11) is 0. The van der Waals surface area contributed by atoms with Crippen molar-refractivity contribution in [3.8, 4) is 5.75 Å². The van der Waals surface area contributed by atoms with E-state index in [1.807, 2.05) is 0 Å². The molecule has 0 atom stereocenters. The van der Waals surface area contributed by atoms with Crippen LogP contribution in [0, 0.1) is 5.82 Å². The fourth-order valence-electron chi connectivity index (χ4n) is 3.38. The maximum atomic E-state index is 14.2. The van der Waals surface area contributed by atoms with Crippen LogP contribution in [0.2, 0.25) is 0 Å². The highest BCUT2D eigenvalue weighted by Gasteiger charge is 2.32. The number of ether oxygens (including phenoxy) is 1. The highest BCUT2D eigenvalue weighted by molar-refractivity contribution is 5.84. The van der Waals surface area contributed by atoms with Crippen LogP contribution in [-0.2, 0) is 12.7 Å². The molecule has 0 bridgehead atoms. The third-order valence-electron chi connectivity index (χ3n) is 5.02. The molecule has 0 amide bonds. The number of nitrogens with one attached hydrogen (secondary N) is 1. The molecular weight excluding hydrogens is 372 g/mol. The first-order chi connectivity index (χ1) is 13.4. The third kappa shape index (κ3) is 3.94. The number of hydrogen-bond donors (Lipinski definition) is 1. The van der Waals surface area contributed by atoms with Crippen LogP contribution >= 0.6 is 0 Å². The lowest BCUT2D eigenvalue weighted by Crippen LogP contribution is -2.46. The first-order valence-corrected chi connectivity index (χ1v) is 8.98. The number of hydrogen-bond acceptors (Lipinski definition) is 3. The van der Waals surface area contributed by atoms with E-state index in [0.29, 0.717) is 17.9 Å². The van der Waals surface area contributed by atoms with E-state index in [1.54, 1.807) is 24.5 Å². The van der Waals surface area contributed by atoms with Gasteiger partial charge in [-0.25, -0.2) is 4.39 Å². The van der Waals surface area contributed by atoms with Crippen LogP contribution in [-0.4, -0.2) is 17.1 Å². The summed E-state index contributed by atoms with van der Waals surface area (Å²) in [6, 6.07) is 9.83. The zero-order chi connectivity index (χ0) is 19.7. The van der Waals surface area contributed by atoms with E-state index in [1.165, 1.54) is 18.2 Å². The van der Waals surface area contributed by atoms with Gasteiger partial charge in [0.15, 0.2) is 0 Å². The van der Waals surface area contributed by atoms with Gasteiger partial charge in [-0.15, -0.1) is 0 Å². The minimum atomic E-state index is -4.35. The van der Waals surface area contributed by atoms with Gasteiger partial charge in [-0.1, -0.05) is 0 Å². The average Bonchev–Trinajstić information content (AvgIpc) is 2.64. The SMILES string of the molecule is Fc1ccc2cnccc2c1CNC1CC(Oc2ccc(C(F)(F)F)cc2)C1. The van der Waals surface area contributed by atoms with Crippen LogP contribution in [0.1, 0.15) is 24.0 Å². The molecule has 1 heterocycles. The lowest BCUT2D eigenvalue weighted by atomic mass is 9.89. The van der Waals surface area contributed by atoms with Crippen molar-refractivity contribution in [1.29, 1.82) is 0 Å². The molecule has 0 spiro atoms. The largest absolute Gasteiger partial charge is 0.490 e. The lowest BCUT2D eigenvalue weighted by Gasteiger charge is -2.36. The Morgan fingerprint density at radius 2 is 1.79 bits per heavy atom. The summed E-state index contributed by atoms with van der Waals surface area (Å²) in [5.74, 6) is 0.159. The van der Waals surface area contributed by atoms with Gasteiger partial charge in [0.05, 0.1) is 5.56 Å². The maximum Gasteiger partial charge on any atom is 0.416 e. The van der Waals surface area contributed by atoms with Gasteiger partial charge in [0, 0.05) is 35.9 Å². The van der Waals surface area contributed by atoms with Gasteiger partial charge in [0.2, 0.25) is 0 Å². The Hall–Kier alpha value is -2.67. The van der Waals surface area contributed by atoms with Crippen LogP contribution in [0.5, 0.6) is 5.75 Å². The van der Waals surface area contributed by atoms with Crippen LogP contribution in [0.25, 0.3) is 10.8 Å². The number of nitrogens with zero attached hydrogens (tertiary/aromatic N) is 1. The highest BCUT2D eigenvalue weighted by Crippen LogP contribution is 2.32. The molecule has 1 aliphatic carbocycles. The van der Waals surface area contributed by atoms with Gasteiger partial charge >= 0.3 is 6.18 Å². The lowest BCUT2D eigenvalue weighted by molar-refractivity contribution is -0.137. The molecule has 4 rings (SSSR count). The molecule has 0 saturated heterocycles. The summed E-state index contributed by atoms with van der Waals surface area (Å²) in [5, 5.41) is 5.04. The van der Waals surface area contributed by atoms with Crippen molar-refractivity contribution in [3.05, 3.63) is 71.8 Å². The summed E-state index contributed by atoms with van der Waals surface area (Å²) in [5.41, 5.74) is -0.0904. The molecule has 3 nitrogen and oxygen atoms in total. The van der Waals surface area contributed by atoms with E-state index in [-0.39, 0.29) is 18.0 Å². The second-order valence-corrected chi connectivity index (χ2v) is 6.93. The van der Waals surface area contributed by atoms with Crippen molar-refractivity contribution < 1.29 is 22.3 Å². The van der Waals surface area contributed by atoms with Crippen molar-refractivity contribution in [1.82, 2.24) is 10.3 Å². The first kappa shape index (κ1) is 18.7. The standard InChI is InChI=1S/C21H18F4N2O/c22-20-6-1-13-11-26-8-7-18(13)19(20)12-27-15-9-17(10-15)28-16-4-2-14(3-5-16)21(23,24)25/h1-8,11,15,17,27H,9-10,12H2. The highest BCUT2D eigenvalue weighted by atomic mass is 19.4. The second-order valence-electron chi connectivity index (χ2n) is 6.93. The average molecular weight is 390 g/mol. The van der Waals surface area contributed by atoms with Crippen molar-refractivity contribution >= 4 is 10.8 Å². The molecule has 1 aliphatic rings. The summed E-state index contributed by atoms with van der Waals surface area (Å²) in [6.07, 6.45) is 0.370. The normalized spacial score (nSPS) is 19.4. The maximum absolute atomic E-state index is 14.2. The molecule has 1 fully saturated rings. The van der Waals surface area contributed by atoms with Crippen molar-refractivity contribution in [2.24, 2.45) is 0 Å². The van der Waals surface area contributed by atoms with E-state index < -0.39 is 11.7 Å². The zero-order valence-corrected chi connectivity index (χ0v) is 14.8. The molecule has 2 aromatic carbocycles. The number of aromatic nitrogens is 1. The third-order valence-corrected chi connectivity index (χ3v) is 5.02. The smallest absolute Gasteiger partial charge is 0.416 e. The monoisotopic (exact) mass is 390 g/mol. The quantitative estimate of drug-likeness (QED) is 0.616. The molecule has 0 radical (unpaired) electrons. The number of fused-ring (bicyclic) bond motifs is 1. The molecular formula is C21H18F4N2O. The summed E-state index contributed by atoms with van der Waals surface area (Å²) >= 11 is 0.